The van der Waals surface area contributed by atoms with Crippen molar-refractivity contribution in [1.82, 2.24) is 10.2 Å². The van der Waals surface area contributed by atoms with Crippen molar-refractivity contribution < 1.29 is 14.4 Å². The fourth-order valence-electron chi connectivity index (χ4n) is 5.37. The van der Waals surface area contributed by atoms with Crippen molar-refractivity contribution in [3.8, 4) is 0 Å². The Kier molecular flexibility index (Phi) is 6.40. The third kappa shape index (κ3) is 4.43. The molecule has 1 aromatic rings. The van der Waals surface area contributed by atoms with E-state index in [0.29, 0.717) is 38.3 Å². The van der Waals surface area contributed by atoms with E-state index in [4.69, 9.17) is 0 Å². The Balaban J connectivity index is 1.33. The van der Waals surface area contributed by atoms with Crippen LogP contribution in [0.4, 0.5) is 0 Å². The standard InChI is InChI=1S/C23H30N2O3S/c26-20(10-8-15-7-9-16-4-1-2-5-17(16)14-15)25-13-3-6-19(25)22(27)18-11-12-24-21(18)23(28)29/h1-2,4-5,15,18-19,21,24H,3,6-14H2,(H,28,29)/t15-,18?,19+,21+/m1/s1. The van der Waals surface area contributed by atoms with E-state index < -0.39 is 6.04 Å². The Hall–Kier alpha value is -1.66. The van der Waals surface area contributed by atoms with Crippen LogP contribution in [0.15, 0.2) is 24.3 Å². The highest BCUT2D eigenvalue weighted by Crippen LogP contribution is 2.30. The minimum absolute atomic E-state index is 0.0415. The lowest BCUT2D eigenvalue weighted by molar-refractivity contribution is -0.139. The van der Waals surface area contributed by atoms with Gasteiger partial charge < -0.3 is 10.2 Å². The number of hydrogen-bond acceptors (Lipinski definition) is 4. The van der Waals surface area contributed by atoms with Crippen LogP contribution in [-0.2, 0) is 27.2 Å². The summed E-state index contributed by atoms with van der Waals surface area (Å²) in [5.41, 5.74) is 2.86. The Labute approximate surface area is 178 Å². The maximum absolute atomic E-state index is 13.1. The van der Waals surface area contributed by atoms with E-state index >= 15 is 0 Å². The van der Waals surface area contributed by atoms with Crippen LogP contribution in [-0.4, -0.2) is 46.9 Å². The van der Waals surface area contributed by atoms with E-state index in [1.54, 1.807) is 4.90 Å². The first-order chi connectivity index (χ1) is 14.0. The van der Waals surface area contributed by atoms with Crippen LogP contribution in [0.5, 0.6) is 0 Å². The number of rotatable bonds is 6. The number of carbonyl (C=O) groups excluding carboxylic acids is 3. The number of thiol groups is 1. The van der Waals surface area contributed by atoms with Crippen LogP contribution < -0.4 is 5.32 Å². The number of benzene rings is 1. The summed E-state index contributed by atoms with van der Waals surface area (Å²) in [5.74, 6) is 0.323. The number of ketones is 1. The summed E-state index contributed by atoms with van der Waals surface area (Å²) in [6.45, 7) is 1.31. The number of aryl methyl sites for hydroxylation is 1. The number of likely N-dealkylation sites (tertiary alicyclic amines) is 1. The second-order valence-corrected chi connectivity index (χ2v) is 9.17. The van der Waals surface area contributed by atoms with Gasteiger partial charge in [-0.3, -0.25) is 14.4 Å². The van der Waals surface area contributed by atoms with Crippen molar-refractivity contribution >= 4 is 29.4 Å². The predicted octanol–water partition coefficient (Wildman–Crippen LogP) is 2.57. The Morgan fingerprint density at radius 1 is 1.10 bits per heavy atom. The molecule has 0 saturated carbocycles. The van der Waals surface area contributed by atoms with Gasteiger partial charge in [-0.1, -0.05) is 24.3 Å². The second-order valence-electron chi connectivity index (χ2n) is 8.73. The molecular formula is C23H30N2O3S. The van der Waals surface area contributed by atoms with Gasteiger partial charge in [0.05, 0.1) is 12.1 Å². The number of nitrogens with zero attached hydrogens (tertiary/aromatic N) is 1. The monoisotopic (exact) mass is 414 g/mol. The Bertz CT molecular complexity index is 796. The van der Waals surface area contributed by atoms with Gasteiger partial charge in [-0.05, 0) is 68.5 Å². The highest BCUT2D eigenvalue weighted by Gasteiger charge is 2.43. The molecule has 1 N–H and O–H groups in total. The summed E-state index contributed by atoms with van der Waals surface area (Å²) in [6, 6.07) is 7.72. The molecule has 1 unspecified atom stereocenters. The van der Waals surface area contributed by atoms with Gasteiger partial charge in [0.15, 0.2) is 5.78 Å². The molecule has 2 aliphatic heterocycles. The molecule has 4 rings (SSSR count). The molecule has 1 aliphatic carbocycles. The Morgan fingerprint density at radius 2 is 1.90 bits per heavy atom. The molecule has 3 aliphatic rings. The van der Waals surface area contributed by atoms with E-state index in [9.17, 15) is 14.4 Å². The fourth-order valence-corrected chi connectivity index (χ4v) is 5.64. The lowest BCUT2D eigenvalue weighted by Gasteiger charge is -2.29. The number of fused-ring (bicyclic) bond motifs is 1. The molecule has 0 radical (unpaired) electrons. The van der Waals surface area contributed by atoms with Crippen molar-refractivity contribution in [2.75, 3.05) is 13.1 Å². The van der Waals surface area contributed by atoms with E-state index in [0.717, 1.165) is 32.1 Å². The molecule has 29 heavy (non-hydrogen) atoms. The minimum atomic E-state index is -0.509. The molecule has 0 aromatic heterocycles. The first kappa shape index (κ1) is 20.6. The van der Waals surface area contributed by atoms with Gasteiger partial charge in [0.2, 0.25) is 11.0 Å². The highest BCUT2D eigenvalue weighted by molar-refractivity contribution is 7.96. The van der Waals surface area contributed by atoms with E-state index in [-0.39, 0.29) is 28.8 Å². The topological polar surface area (TPSA) is 66.5 Å². The van der Waals surface area contributed by atoms with Crippen LogP contribution >= 0.6 is 12.6 Å². The molecule has 1 amide bonds. The summed E-state index contributed by atoms with van der Waals surface area (Å²) in [5, 5.41) is 2.80. The zero-order valence-corrected chi connectivity index (χ0v) is 17.7. The van der Waals surface area contributed by atoms with E-state index in [2.05, 4.69) is 42.2 Å². The van der Waals surface area contributed by atoms with Gasteiger partial charge in [-0.25, -0.2) is 0 Å². The molecule has 0 bridgehead atoms. The molecule has 5 nitrogen and oxygen atoms in total. The maximum Gasteiger partial charge on any atom is 0.223 e. The molecule has 2 fully saturated rings. The quantitative estimate of drug-likeness (QED) is 0.702. The maximum atomic E-state index is 13.1. The Morgan fingerprint density at radius 3 is 2.69 bits per heavy atom. The molecule has 156 valence electrons. The number of nitrogens with one attached hydrogen (secondary N) is 1. The minimum Gasteiger partial charge on any atom is -0.333 e. The zero-order valence-electron chi connectivity index (χ0n) is 16.8. The third-order valence-corrected chi connectivity index (χ3v) is 7.25. The van der Waals surface area contributed by atoms with Crippen molar-refractivity contribution in [3.63, 3.8) is 0 Å². The van der Waals surface area contributed by atoms with Gasteiger partial charge in [0.1, 0.15) is 0 Å². The summed E-state index contributed by atoms with van der Waals surface area (Å²) in [7, 11) is 0. The largest absolute Gasteiger partial charge is 0.333 e. The van der Waals surface area contributed by atoms with Gasteiger partial charge in [0.25, 0.3) is 0 Å². The fraction of sp³-hybridized carbons (Fsp3) is 0.609. The normalized spacial score (nSPS) is 28.9. The number of hydrogen-bond donors (Lipinski definition) is 2. The zero-order chi connectivity index (χ0) is 20.4. The average molecular weight is 415 g/mol. The van der Waals surface area contributed by atoms with Crippen LogP contribution in [0.2, 0.25) is 0 Å². The van der Waals surface area contributed by atoms with Crippen LogP contribution in [0.3, 0.4) is 0 Å². The molecule has 2 saturated heterocycles. The third-order valence-electron chi connectivity index (χ3n) is 6.97. The average Bonchev–Trinajstić information content (AvgIpc) is 3.41. The van der Waals surface area contributed by atoms with Crippen molar-refractivity contribution in [2.24, 2.45) is 11.8 Å². The molecule has 4 atom stereocenters. The number of carbonyl (C=O) groups is 3. The van der Waals surface area contributed by atoms with E-state index in [1.165, 1.54) is 11.1 Å². The predicted molar refractivity (Wildman–Crippen MR) is 115 cm³/mol. The van der Waals surface area contributed by atoms with Crippen molar-refractivity contribution in [3.05, 3.63) is 35.4 Å². The molecular weight excluding hydrogens is 384 g/mol. The first-order valence-electron chi connectivity index (χ1n) is 10.9. The highest BCUT2D eigenvalue weighted by atomic mass is 32.1. The van der Waals surface area contributed by atoms with Gasteiger partial charge in [0, 0.05) is 18.9 Å². The van der Waals surface area contributed by atoms with E-state index in [1.807, 2.05) is 0 Å². The first-order valence-corrected chi connectivity index (χ1v) is 11.4. The second kappa shape index (κ2) is 9.00. The number of amides is 1. The summed E-state index contributed by atoms with van der Waals surface area (Å²) < 4.78 is 0. The molecule has 2 heterocycles. The van der Waals surface area contributed by atoms with Gasteiger partial charge >= 0.3 is 0 Å². The lowest BCUT2D eigenvalue weighted by atomic mass is 9.81. The summed E-state index contributed by atoms with van der Waals surface area (Å²) in [6.07, 6.45) is 6.88. The molecule has 0 spiro atoms. The van der Waals surface area contributed by atoms with Crippen LogP contribution in [0, 0.1) is 11.8 Å². The van der Waals surface area contributed by atoms with Gasteiger partial charge in [-0.2, -0.15) is 0 Å². The van der Waals surface area contributed by atoms with Crippen molar-refractivity contribution in [2.45, 2.75) is 63.5 Å². The SMILES string of the molecule is O=C(S)[C@H]1NCCC1C(=O)[C@@H]1CCCN1C(=O)CC[C@H]1CCc2ccccc2C1. The van der Waals surface area contributed by atoms with Crippen LogP contribution in [0.25, 0.3) is 0 Å². The summed E-state index contributed by atoms with van der Waals surface area (Å²) in [4.78, 5) is 39.6. The number of Topliss-reactive ketones (excluding diaryl/α,β-unsaturated/α-hetero) is 1. The van der Waals surface area contributed by atoms with Gasteiger partial charge in [-0.15, -0.1) is 12.6 Å². The smallest absolute Gasteiger partial charge is 0.223 e. The van der Waals surface area contributed by atoms with Crippen LogP contribution in [0.1, 0.15) is 49.7 Å². The lowest BCUT2D eigenvalue weighted by Crippen LogP contribution is -2.47. The molecule has 6 heteroatoms. The van der Waals surface area contributed by atoms with Crippen molar-refractivity contribution in [1.29, 1.82) is 0 Å². The summed E-state index contributed by atoms with van der Waals surface area (Å²) >= 11 is 3.93. The molecule has 1 aromatic carbocycles.